The molecule has 3 heterocycles. The van der Waals surface area contributed by atoms with E-state index in [1.807, 2.05) is 60.0 Å². The quantitative estimate of drug-likeness (QED) is 0.313. The number of fused-ring (bicyclic) bond motifs is 1. The number of carbonyl (C=O) groups excluding carboxylic acids is 1. The Hall–Kier alpha value is -3.74. The molecule has 1 amide bonds. The molecule has 0 radical (unpaired) electrons. The summed E-state index contributed by atoms with van der Waals surface area (Å²) in [5, 5.41) is 6.79. The molecule has 0 bridgehead atoms. The highest BCUT2D eigenvalue weighted by Crippen LogP contribution is 2.28. The average molecular weight is 500 g/mol. The second-order valence-electron chi connectivity index (χ2n) is 8.33. The van der Waals surface area contributed by atoms with Gasteiger partial charge in [0.2, 0.25) is 0 Å². The average Bonchev–Trinajstić information content (AvgIpc) is 3.27. The molecule has 0 aliphatic heterocycles. The monoisotopic (exact) mass is 499 g/mol. The molecule has 0 fully saturated rings. The fraction of sp³-hybridized carbons (Fsp3) is 0.107. The van der Waals surface area contributed by atoms with E-state index in [9.17, 15) is 9.59 Å². The number of carbonyl (C=O) groups is 1. The SMILES string of the molecule is O=C(NCc1csc2ccc(Cl)cc12)c1cncc(Cc2ccc(Cn3ccccc3=O)cc2)c1. The van der Waals surface area contributed by atoms with Crippen molar-refractivity contribution in [1.82, 2.24) is 14.9 Å². The maximum Gasteiger partial charge on any atom is 0.253 e. The summed E-state index contributed by atoms with van der Waals surface area (Å²) in [5.74, 6) is -0.163. The largest absolute Gasteiger partial charge is 0.348 e. The fourth-order valence-electron chi connectivity index (χ4n) is 3.96. The highest BCUT2D eigenvalue weighted by atomic mass is 35.5. The van der Waals surface area contributed by atoms with Gasteiger partial charge in [0.05, 0.1) is 12.1 Å². The van der Waals surface area contributed by atoms with Crippen molar-refractivity contribution in [3.8, 4) is 0 Å². The van der Waals surface area contributed by atoms with Crippen LogP contribution in [0.5, 0.6) is 0 Å². The van der Waals surface area contributed by atoms with Crippen LogP contribution < -0.4 is 10.9 Å². The van der Waals surface area contributed by atoms with Crippen molar-refractivity contribution in [3.63, 3.8) is 0 Å². The lowest BCUT2D eigenvalue weighted by Gasteiger charge is -2.08. The Morgan fingerprint density at radius 1 is 0.971 bits per heavy atom. The van der Waals surface area contributed by atoms with Crippen molar-refractivity contribution in [3.05, 3.63) is 134 Å². The van der Waals surface area contributed by atoms with E-state index in [1.54, 1.807) is 46.6 Å². The van der Waals surface area contributed by atoms with E-state index in [0.29, 0.717) is 30.1 Å². The van der Waals surface area contributed by atoms with Gasteiger partial charge >= 0.3 is 0 Å². The van der Waals surface area contributed by atoms with Crippen LogP contribution in [0, 0.1) is 0 Å². The Bertz CT molecular complexity index is 1560. The van der Waals surface area contributed by atoms with Gasteiger partial charge in [0.1, 0.15) is 0 Å². The van der Waals surface area contributed by atoms with E-state index >= 15 is 0 Å². The first-order valence-corrected chi connectivity index (χ1v) is 12.4. The van der Waals surface area contributed by atoms with Crippen molar-refractivity contribution >= 4 is 38.9 Å². The standard InChI is InChI=1S/C28H22ClN3O2S/c29-24-8-9-26-25(13-24)23(18-35-26)16-31-28(34)22-12-21(14-30-15-22)11-19-4-6-20(7-5-19)17-32-10-2-1-3-27(32)33/h1-10,12-15,18H,11,16-17H2,(H,31,34). The minimum atomic E-state index is -0.163. The lowest BCUT2D eigenvalue weighted by atomic mass is 10.0. The molecule has 1 N–H and O–H groups in total. The molecule has 7 heteroatoms. The fourth-order valence-corrected chi connectivity index (χ4v) is 5.08. The number of thiophene rings is 1. The number of rotatable bonds is 7. The Morgan fingerprint density at radius 3 is 2.63 bits per heavy atom. The van der Waals surface area contributed by atoms with Crippen LogP contribution in [0.15, 0.2) is 95.5 Å². The zero-order valence-corrected chi connectivity index (χ0v) is 20.4. The highest BCUT2D eigenvalue weighted by Gasteiger charge is 2.10. The number of halogens is 1. The first kappa shape index (κ1) is 23.0. The predicted molar refractivity (Wildman–Crippen MR) is 141 cm³/mol. The van der Waals surface area contributed by atoms with E-state index in [0.717, 1.165) is 32.3 Å². The topological polar surface area (TPSA) is 64.0 Å². The lowest BCUT2D eigenvalue weighted by molar-refractivity contribution is 0.0950. The van der Waals surface area contributed by atoms with Crippen LogP contribution in [-0.2, 0) is 19.5 Å². The van der Waals surface area contributed by atoms with Crippen LogP contribution in [0.25, 0.3) is 10.1 Å². The predicted octanol–water partition coefficient (Wildman–Crippen LogP) is 5.68. The summed E-state index contributed by atoms with van der Waals surface area (Å²) < 4.78 is 2.82. The van der Waals surface area contributed by atoms with Crippen molar-refractivity contribution in [1.29, 1.82) is 0 Å². The zero-order chi connectivity index (χ0) is 24.2. The van der Waals surface area contributed by atoms with Gasteiger partial charge in [-0.15, -0.1) is 11.3 Å². The lowest BCUT2D eigenvalue weighted by Crippen LogP contribution is -2.23. The third kappa shape index (κ3) is 5.50. The first-order valence-electron chi connectivity index (χ1n) is 11.2. The molecule has 0 atom stereocenters. The number of pyridine rings is 2. The molecule has 5 nitrogen and oxygen atoms in total. The van der Waals surface area contributed by atoms with Crippen LogP contribution >= 0.6 is 22.9 Å². The van der Waals surface area contributed by atoms with E-state index < -0.39 is 0 Å². The summed E-state index contributed by atoms with van der Waals surface area (Å²) in [6, 6.07) is 21.0. The number of aromatic nitrogens is 2. The maximum absolute atomic E-state index is 12.8. The molecule has 0 saturated carbocycles. The van der Waals surface area contributed by atoms with Crippen LogP contribution in [0.4, 0.5) is 0 Å². The number of hydrogen-bond acceptors (Lipinski definition) is 4. The molecule has 5 rings (SSSR count). The minimum absolute atomic E-state index is 0.0197. The maximum atomic E-state index is 12.8. The number of hydrogen-bond donors (Lipinski definition) is 1. The van der Waals surface area contributed by atoms with Gasteiger partial charge in [0, 0.05) is 40.9 Å². The van der Waals surface area contributed by atoms with Crippen molar-refractivity contribution in [2.24, 2.45) is 0 Å². The van der Waals surface area contributed by atoms with Gasteiger partial charge in [-0.2, -0.15) is 0 Å². The molecule has 0 aliphatic rings. The molecule has 174 valence electrons. The van der Waals surface area contributed by atoms with Gasteiger partial charge in [0.25, 0.3) is 11.5 Å². The van der Waals surface area contributed by atoms with Gasteiger partial charge in [-0.1, -0.05) is 41.9 Å². The number of benzene rings is 2. The number of nitrogens with one attached hydrogen (secondary N) is 1. The van der Waals surface area contributed by atoms with Crippen LogP contribution in [0.2, 0.25) is 5.02 Å². The molecular formula is C28H22ClN3O2S. The van der Waals surface area contributed by atoms with Crippen molar-refractivity contribution < 1.29 is 4.79 Å². The molecule has 0 aliphatic carbocycles. The molecule has 2 aromatic carbocycles. The normalized spacial score (nSPS) is 11.0. The smallest absolute Gasteiger partial charge is 0.253 e. The highest BCUT2D eigenvalue weighted by molar-refractivity contribution is 7.17. The Labute approximate surface area is 211 Å². The molecule has 35 heavy (non-hydrogen) atoms. The summed E-state index contributed by atoms with van der Waals surface area (Å²) >= 11 is 7.77. The Morgan fingerprint density at radius 2 is 1.80 bits per heavy atom. The molecule has 0 unspecified atom stereocenters. The van der Waals surface area contributed by atoms with Gasteiger partial charge < -0.3 is 9.88 Å². The summed E-state index contributed by atoms with van der Waals surface area (Å²) in [7, 11) is 0. The minimum Gasteiger partial charge on any atom is -0.348 e. The van der Waals surface area contributed by atoms with E-state index in [-0.39, 0.29) is 11.5 Å². The first-order chi connectivity index (χ1) is 17.0. The van der Waals surface area contributed by atoms with Gasteiger partial charge in [-0.05, 0) is 69.8 Å². The second-order valence-corrected chi connectivity index (χ2v) is 9.67. The summed E-state index contributed by atoms with van der Waals surface area (Å²) in [6.07, 6.45) is 5.81. The van der Waals surface area contributed by atoms with E-state index in [4.69, 9.17) is 11.6 Å². The molecule has 3 aromatic heterocycles. The van der Waals surface area contributed by atoms with Crippen molar-refractivity contribution in [2.75, 3.05) is 0 Å². The third-order valence-corrected chi connectivity index (χ3v) is 7.04. The zero-order valence-electron chi connectivity index (χ0n) is 18.8. The molecule has 0 saturated heterocycles. The number of nitrogens with zero attached hydrogens (tertiary/aromatic N) is 2. The van der Waals surface area contributed by atoms with Crippen molar-refractivity contribution in [2.45, 2.75) is 19.5 Å². The summed E-state index contributed by atoms with van der Waals surface area (Å²) in [6.45, 7) is 0.957. The molecular weight excluding hydrogens is 478 g/mol. The van der Waals surface area contributed by atoms with E-state index in [2.05, 4.69) is 10.3 Å². The van der Waals surface area contributed by atoms with E-state index in [1.165, 1.54) is 0 Å². The molecule has 0 spiro atoms. The van der Waals surface area contributed by atoms with Gasteiger partial charge in [0.15, 0.2) is 0 Å². The van der Waals surface area contributed by atoms with Gasteiger partial charge in [-0.3, -0.25) is 14.6 Å². The van der Waals surface area contributed by atoms with Crippen LogP contribution in [-0.4, -0.2) is 15.5 Å². The van der Waals surface area contributed by atoms with Crippen LogP contribution in [0.1, 0.15) is 32.6 Å². The second kappa shape index (κ2) is 10.3. The Kier molecular flexibility index (Phi) is 6.75. The van der Waals surface area contributed by atoms with Crippen LogP contribution in [0.3, 0.4) is 0 Å². The van der Waals surface area contributed by atoms with Gasteiger partial charge in [-0.25, -0.2) is 0 Å². The molecule has 5 aromatic rings. The number of amides is 1. The summed E-state index contributed by atoms with van der Waals surface area (Å²) in [5.41, 5.74) is 4.67. The Balaban J connectivity index is 1.23. The summed E-state index contributed by atoms with van der Waals surface area (Å²) in [4.78, 5) is 29.0. The third-order valence-electron chi connectivity index (χ3n) is 5.80.